The number of ether oxygens (including phenoxy) is 2. The lowest BCUT2D eigenvalue weighted by molar-refractivity contribution is -0.0440. The van der Waals surface area contributed by atoms with Crippen LogP contribution in [-0.4, -0.2) is 61.2 Å². The summed E-state index contributed by atoms with van der Waals surface area (Å²) in [6.45, 7) is 4.38. The molecule has 0 saturated carbocycles. The van der Waals surface area contributed by atoms with E-state index in [0.29, 0.717) is 0 Å². The van der Waals surface area contributed by atoms with Gasteiger partial charge >= 0.3 is 6.01 Å². The molecule has 11 heteroatoms. The van der Waals surface area contributed by atoms with Gasteiger partial charge in [-0.1, -0.05) is 5.10 Å². The average Bonchev–Trinajstić information content (AvgIpc) is 3.08. The Morgan fingerprint density at radius 1 is 1.21 bits per heavy atom. The quantitative estimate of drug-likeness (QED) is 0.755. The second kappa shape index (κ2) is 8.35. The van der Waals surface area contributed by atoms with Crippen LogP contribution < -0.4 is 5.32 Å². The molecule has 0 radical (unpaired) electrons. The maximum Gasteiger partial charge on any atom is 0.322 e. The third-order valence-electron chi connectivity index (χ3n) is 4.10. The number of methoxy groups -OCH3 is 1. The van der Waals surface area contributed by atoms with Crippen molar-refractivity contribution in [2.75, 3.05) is 25.5 Å². The lowest BCUT2D eigenvalue weighted by Crippen LogP contribution is -2.48. The van der Waals surface area contributed by atoms with Crippen LogP contribution in [0.3, 0.4) is 0 Å². The predicted octanol–water partition coefficient (Wildman–Crippen LogP) is 1.27. The molecule has 152 valence electrons. The van der Waals surface area contributed by atoms with E-state index >= 15 is 0 Å². The van der Waals surface area contributed by atoms with Gasteiger partial charge in [0.25, 0.3) is 5.91 Å². The molecule has 0 unspecified atom stereocenters. The van der Waals surface area contributed by atoms with Crippen LogP contribution in [0.4, 0.5) is 6.01 Å². The number of nitrogens with zero attached hydrogens (tertiary/aromatic N) is 3. The van der Waals surface area contributed by atoms with E-state index in [-0.39, 0.29) is 54.3 Å². The number of morpholine rings is 1. The number of carbonyl (C=O) groups is 1. The predicted molar refractivity (Wildman–Crippen MR) is 98.2 cm³/mol. The topological polar surface area (TPSA) is 124 Å². The summed E-state index contributed by atoms with van der Waals surface area (Å²) in [5.74, 6) is -0.265. The van der Waals surface area contributed by atoms with Gasteiger partial charge in [0.1, 0.15) is 6.61 Å². The third kappa shape index (κ3) is 4.55. The van der Waals surface area contributed by atoms with Gasteiger partial charge in [0.05, 0.1) is 17.1 Å². The number of nitrogens with one attached hydrogen (secondary N) is 1. The van der Waals surface area contributed by atoms with Crippen molar-refractivity contribution in [3.63, 3.8) is 0 Å². The molecule has 1 aromatic carbocycles. The zero-order valence-corrected chi connectivity index (χ0v) is 16.6. The monoisotopic (exact) mass is 410 g/mol. The van der Waals surface area contributed by atoms with Crippen LogP contribution in [0, 0.1) is 0 Å². The van der Waals surface area contributed by atoms with Gasteiger partial charge in [0.2, 0.25) is 15.9 Å². The highest BCUT2D eigenvalue weighted by atomic mass is 32.2. The first-order valence-corrected chi connectivity index (χ1v) is 10.1. The number of anilines is 1. The Kier molecular flexibility index (Phi) is 6.08. The molecule has 1 N–H and O–H groups in total. The molecule has 1 amide bonds. The van der Waals surface area contributed by atoms with Crippen LogP contribution in [0.5, 0.6) is 0 Å². The molecular weight excluding hydrogens is 388 g/mol. The average molecular weight is 410 g/mol. The van der Waals surface area contributed by atoms with Crippen LogP contribution in [0.25, 0.3) is 0 Å². The minimum Gasteiger partial charge on any atom is -0.405 e. The number of carbonyl (C=O) groups excluding carboxylic acids is 1. The van der Waals surface area contributed by atoms with Gasteiger partial charge in [-0.05, 0) is 38.1 Å². The highest BCUT2D eigenvalue weighted by Crippen LogP contribution is 2.21. The first kappa shape index (κ1) is 20.4. The third-order valence-corrected chi connectivity index (χ3v) is 5.94. The summed E-state index contributed by atoms with van der Waals surface area (Å²) in [4.78, 5) is 12.4. The molecule has 1 aliphatic rings. The van der Waals surface area contributed by atoms with E-state index in [9.17, 15) is 13.2 Å². The molecule has 1 fully saturated rings. The Balaban J connectivity index is 1.70. The molecule has 3 rings (SSSR count). The highest BCUT2D eigenvalue weighted by Gasteiger charge is 2.32. The lowest BCUT2D eigenvalue weighted by atomic mass is 10.2. The number of benzene rings is 1. The second-order valence-electron chi connectivity index (χ2n) is 6.49. The van der Waals surface area contributed by atoms with Gasteiger partial charge in [-0.3, -0.25) is 10.1 Å². The van der Waals surface area contributed by atoms with E-state index in [2.05, 4.69) is 15.5 Å². The summed E-state index contributed by atoms with van der Waals surface area (Å²) in [5, 5.41) is 9.86. The van der Waals surface area contributed by atoms with Crippen molar-refractivity contribution < 1.29 is 27.1 Å². The Hall–Kier alpha value is -2.34. The van der Waals surface area contributed by atoms with Crippen molar-refractivity contribution in [1.29, 1.82) is 0 Å². The van der Waals surface area contributed by atoms with Gasteiger partial charge in [-0.2, -0.15) is 4.31 Å². The van der Waals surface area contributed by atoms with Gasteiger partial charge in [-0.15, -0.1) is 5.10 Å². The number of hydrogen-bond acceptors (Lipinski definition) is 8. The summed E-state index contributed by atoms with van der Waals surface area (Å²) < 4.78 is 42.7. The maximum atomic E-state index is 12.8. The number of amides is 1. The fourth-order valence-electron chi connectivity index (χ4n) is 2.91. The first-order valence-electron chi connectivity index (χ1n) is 8.68. The van der Waals surface area contributed by atoms with E-state index in [1.165, 1.54) is 35.7 Å². The maximum absolute atomic E-state index is 12.8. The van der Waals surface area contributed by atoms with Crippen molar-refractivity contribution in [3.05, 3.63) is 35.7 Å². The van der Waals surface area contributed by atoms with E-state index in [1.807, 2.05) is 13.8 Å². The van der Waals surface area contributed by atoms with Crippen LogP contribution >= 0.6 is 0 Å². The highest BCUT2D eigenvalue weighted by molar-refractivity contribution is 7.89. The van der Waals surface area contributed by atoms with E-state index in [0.717, 1.165) is 0 Å². The molecule has 2 atom stereocenters. The fourth-order valence-corrected chi connectivity index (χ4v) is 4.50. The van der Waals surface area contributed by atoms with Gasteiger partial charge in [0.15, 0.2) is 0 Å². The second-order valence-corrected chi connectivity index (χ2v) is 8.43. The minimum atomic E-state index is -3.67. The first-order chi connectivity index (χ1) is 13.3. The Labute approximate surface area is 162 Å². The normalized spacial score (nSPS) is 20.8. The molecule has 0 spiro atoms. The molecule has 10 nitrogen and oxygen atoms in total. The zero-order valence-electron chi connectivity index (χ0n) is 15.8. The SMILES string of the molecule is COCc1nnc(NC(=O)c2ccc(S(=O)(=O)N3C[C@H](C)O[C@@H](C)C3)cc2)o1. The van der Waals surface area contributed by atoms with Crippen LogP contribution in [0.1, 0.15) is 30.1 Å². The number of hydrogen-bond donors (Lipinski definition) is 1. The van der Waals surface area contributed by atoms with Crippen molar-refractivity contribution in [2.45, 2.75) is 37.6 Å². The number of aromatic nitrogens is 2. The summed E-state index contributed by atoms with van der Waals surface area (Å²) in [7, 11) is -2.18. The Bertz CT molecular complexity index is 917. The summed E-state index contributed by atoms with van der Waals surface area (Å²) >= 11 is 0. The smallest absolute Gasteiger partial charge is 0.322 e. The largest absolute Gasteiger partial charge is 0.405 e. The van der Waals surface area contributed by atoms with Crippen LogP contribution in [0.2, 0.25) is 0 Å². The van der Waals surface area contributed by atoms with E-state index < -0.39 is 15.9 Å². The molecule has 1 saturated heterocycles. The number of rotatable bonds is 6. The molecule has 1 aliphatic heterocycles. The molecule has 1 aromatic heterocycles. The van der Waals surface area contributed by atoms with Gasteiger partial charge < -0.3 is 13.9 Å². The molecular formula is C17H22N4O6S. The van der Waals surface area contributed by atoms with Gasteiger partial charge in [-0.25, -0.2) is 8.42 Å². The number of sulfonamides is 1. The van der Waals surface area contributed by atoms with Gasteiger partial charge in [0, 0.05) is 25.8 Å². The molecule has 2 heterocycles. The fraction of sp³-hybridized carbons (Fsp3) is 0.471. The summed E-state index contributed by atoms with van der Waals surface area (Å²) in [5.41, 5.74) is 0.258. The van der Waals surface area contributed by atoms with Crippen molar-refractivity contribution in [3.8, 4) is 0 Å². The molecule has 28 heavy (non-hydrogen) atoms. The molecule has 0 aliphatic carbocycles. The Morgan fingerprint density at radius 3 is 2.46 bits per heavy atom. The minimum absolute atomic E-state index is 0.0648. The molecule has 0 bridgehead atoms. The van der Waals surface area contributed by atoms with Crippen molar-refractivity contribution in [2.24, 2.45) is 0 Å². The zero-order chi connectivity index (χ0) is 20.3. The van der Waals surface area contributed by atoms with Crippen molar-refractivity contribution in [1.82, 2.24) is 14.5 Å². The van der Waals surface area contributed by atoms with Crippen LogP contribution in [-0.2, 0) is 26.1 Å². The summed E-state index contributed by atoms with van der Waals surface area (Å²) in [6.07, 6.45) is -0.359. The van der Waals surface area contributed by atoms with E-state index in [4.69, 9.17) is 13.9 Å². The molecule has 2 aromatic rings. The van der Waals surface area contributed by atoms with Crippen LogP contribution in [0.15, 0.2) is 33.6 Å². The standard InChI is InChI=1S/C17H22N4O6S/c1-11-8-21(9-12(2)26-11)28(23,24)14-6-4-13(5-7-14)16(22)18-17-20-19-15(27-17)10-25-3/h4-7,11-12H,8-10H2,1-3H3,(H,18,20,22)/t11-,12-/m0/s1. The lowest BCUT2D eigenvalue weighted by Gasteiger charge is -2.34. The van der Waals surface area contributed by atoms with E-state index in [1.54, 1.807) is 0 Å². The van der Waals surface area contributed by atoms with Crippen molar-refractivity contribution >= 4 is 21.9 Å². The summed E-state index contributed by atoms with van der Waals surface area (Å²) in [6, 6.07) is 5.60. The Morgan fingerprint density at radius 2 is 1.86 bits per heavy atom.